The third kappa shape index (κ3) is 5.82. The molecule has 2 atom stereocenters. The molecule has 0 fully saturated rings. The van der Waals surface area contributed by atoms with E-state index in [1.807, 2.05) is 0 Å². The second kappa shape index (κ2) is 9.78. The van der Waals surface area contributed by atoms with Gasteiger partial charge in [0.05, 0.1) is 10.9 Å². The zero-order chi connectivity index (χ0) is 23.3. The molecule has 168 valence electrons. The zero-order valence-electron chi connectivity index (χ0n) is 17.4. The van der Waals surface area contributed by atoms with Gasteiger partial charge in [-0.15, -0.1) is 0 Å². The summed E-state index contributed by atoms with van der Waals surface area (Å²) in [6.07, 6.45) is -1.13. The zero-order valence-corrected chi connectivity index (χ0v) is 18.3. The van der Waals surface area contributed by atoms with E-state index in [0.29, 0.717) is 5.56 Å². The Hall–Kier alpha value is -3.46. The van der Waals surface area contributed by atoms with Crippen molar-refractivity contribution in [3.63, 3.8) is 0 Å². The molecule has 0 aliphatic heterocycles. The van der Waals surface area contributed by atoms with Gasteiger partial charge in [0.25, 0.3) is 5.91 Å². The van der Waals surface area contributed by atoms with E-state index < -0.39 is 39.6 Å². The number of carbonyl (C=O) groups is 2. The molecule has 1 N–H and O–H groups in total. The van der Waals surface area contributed by atoms with Gasteiger partial charge >= 0.3 is 5.97 Å². The Morgan fingerprint density at radius 1 is 1.00 bits per heavy atom. The van der Waals surface area contributed by atoms with Crippen LogP contribution in [0.3, 0.4) is 0 Å². The SMILES string of the molecule is C[C@@H](OC(=O)c1ccc(CS(=O)(=O)c2ccccc2)o1)C(=O)N[C@H](C)c1ccc(F)cc1. The van der Waals surface area contributed by atoms with Crippen LogP contribution in [0.2, 0.25) is 0 Å². The van der Waals surface area contributed by atoms with Crippen LogP contribution < -0.4 is 5.32 Å². The predicted molar refractivity (Wildman–Crippen MR) is 114 cm³/mol. The summed E-state index contributed by atoms with van der Waals surface area (Å²) in [5, 5.41) is 2.68. The molecule has 3 aromatic rings. The number of halogens is 1. The second-order valence-electron chi connectivity index (χ2n) is 7.17. The predicted octanol–water partition coefficient (Wildman–Crippen LogP) is 3.82. The van der Waals surface area contributed by atoms with E-state index in [0.717, 1.165) is 0 Å². The summed E-state index contributed by atoms with van der Waals surface area (Å²) in [6, 6.07) is 15.8. The molecule has 9 heteroatoms. The van der Waals surface area contributed by atoms with Crippen molar-refractivity contribution in [2.24, 2.45) is 0 Å². The topological polar surface area (TPSA) is 103 Å². The summed E-state index contributed by atoms with van der Waals surface area (Å²) in [5.74, 6) is -2.39. The number of ether oxygens (including phenoxy) is 1. The normalized spacial score (nSPS) is 13.2. The highest BCUT2D eigenvalue weighted by atomic mass is 32.2. The van der Waals surface area contributed by atoms with E-state index >= 15 is 0 Å². The molecule has 1 aromatic heterocycles. The standard InChI is InChI=1S/C23H22FNO6S/c1-15(17-8-10-18(24)11-9-17)25-22(26)16(2)30-23(27)21-13-12-19(31-21)14-32(28,29)20-6-4-3-5-7-20/h3-13,15-16H,14H2,1-2H3,(H,25,26)/t15-,16-/m1/s1. The largest absolute Gasteiger partial charge is 0.453 e. The summed E-state index contributed by atoms with van der Waals surface area (Å²) >= 11 is 0. The van der Waals surface area contributed by atoms with Gasteiger partial charge in [0.2, 0.25) is 5.76 Å². The number of hydrogen-bond donors (Lipinski definition) is 1. The van der Waals surface area contributed by atoms with Crippen LogP contribution >= 0.6 is 0 Å². The van der Waals surface area contributed by atoms with E-state index in [2.05, 4.69) is 5.32 Å². The van der Waals surface area contributed by atoms with Crippen molar-refractivity contribution in [3.8, 4) is 0 Å². The number of hydrogen-bond acceptors (Lipinski definition) is 6. The maximum Gasteiger partial charge on any atom is 0.375 e. The van der Waals surface area contributed by atoms with E-state index in [1.54, 1.807) is 37.3 Å². The average Bonchev–Trinajstić information content (AvgIpc) is 3.22. The van der Waals surface area contributed by atoms with Gasteiger partial charge in [-0.3, -0.25) is 4.79 Å². The molecular formula is C23H22FNO6S. The van der Waals surface area contributed by atoms with Gasteiger partial charge in [-0.1, -0.05) is 30.3 Å². The first-order chi connectivity index (χ1) is 15.2. The lowest BCUT2D eigenvalue weighted by Gasteiger charge is -2.18. The molecule has 1 heterocycles. The van der Waals surface area contributed by atoms with Crippen LogP contribution in [0, 0.1) is 5.82 Å². The van der Waals surface area contributed by atoms with Gasteiger partial charge in [0, 0.05) is 0 Å². The lowest BCUT2D eigenvalue weighted by Crippen LogP contribution is -2.37. The Bertz CT molecular complexity index is 1190. The minimum Gasteiger partial charge on any atom is -0.453 e. The number of carbonyl (C=O) groups excluding carboxylic acids is 2. The number of furan rings is 1. The summed E-state index contributed by atoms with van der Waals surface area (Å²) in [4.78, 5) is 24.8. The Labute approximate surface area is 185 Å². The van der Waals surface area contributed by atoms with Crippen molar-refractivity contribution in [1.29, 1.82) is 0 Å². The Morgan fingerprint density at radius 2 is 1.66 bits per heavy atom. The number of sulfone groups is 1. The van der Waals surface area contributed by atoms with Crippen LogP contribution in [0.4, 0.5) is 4.39 Å². The maximum atomic E-state index is 13.0. The van der Waals surface area contributed by atoms with Gasteiger partial charge in [-0.25, -0.2) is 17.6 Å². The molecular weight excluding hydrogens is 437 g/mol. The fraction of sp³-hybridized carbons (Fsp3) is 0.217. The van der Waals surface area contributed by atoms with Gasteiger partial charge < -0.3 is 14.5 Å². The van der Waals surface area contributed by atoms with Crippen LogP contribution in [0.15, 0.2) is 76.0 Å². The van der Waals surface area contributed by atoms with Gasteiger partial charge in [-0.05, 0) is 55.8 Å². The number of benzene rings is 2. The van der Waals surface area contributed by atoms with Gasteiger partial charge in [0.15, 0.2) is 15.9 Å². The highest BCUT2D eigenvalue weighted by molar-refractivity contribution is 7.90. The monoisotopic (exact) mass is 459 g/mol. The summed E-state index contributed by atoms with van der Waals surface area (Å²) < 4.78 is 48.4. The lowest BCUT2D eigenvalue weighted by atomic mass is 10.1. The molecule has 3 rings (SSSR count). The van der Waals surface area contributed by atoms with Crippen molar-refractivity contribution < 1.29 is 31.6 Å². The Balaban J connectivity index is 1.58. The third-order valence-electron chi connectivity index (χ3n) is 4.68. The van der Waals surface area contributed by atoms with Crippen LogP contribution in [0.25, 0.3) is 0 Å². The number of rotatable bonds is 8. The molecule has 0 unspecified atom stereocenters. The molecule has 0 saturated heterocycles. The molecule has 0 radical (unpaired) electrons. The smallest absolute Gasteiger partial charge is 0.375 e. The molecule has 2 aromatic carbocycles. The van der Waals surface area contributed by atoms with Crippen LogP contribution in [0.5, 0.6) is 0 Å². The molecule has 0 spiro atoms. The first-order valence-electron chi connectivity index (χ1n) is 9.79. The first kappa shape index (κ1) is 23.2. The fourth-order valence-corrected chi connectivity index (χ4v) is 4.17. The lowest BCUT2D eigenvalue weighted by molar-refractivity contribution is -0.129. The van der Waals surface area contributed by atoms with Crippen LogP contribution in [-0.2, 0) is 25.1 Å². The van der Waals surface area contributed by atoms with E-state index in [9.17, 15) is 22.4 Å². The summed E-state index contributed by atoms with van der Waals surface area (Å²) in [5.41, 5.74) is 0.688. The van der Waals surface area contributed by atoms with Gasteiger partial charge in [0.1, 0.15) is 17.3 Å². The Morgan fingerprint density at radius 3 is 2.31 bits per heavy atom. The number of amides is 1. The first-order valence-corrected chi connectivity index (χ1v) is 11.4. The minimum atomic E-state index is -3.64. The highest BCUT2D eigenvalue weighted by Gasteiger charge is 2.24. The van der Waals surface area contributed by atoms with Gasteiger partial charge in [-0.2, -0.15) is 0 Å². The van der Waals surface area contributed by atoms with E-state index in [4.69, 9.17) is 9.15 Å². The maximum absolute atomic E-state index is 13.0. The van der Waals surface area contributed by atoms with Crippen LogP contribution in [0.1, 0.15) is 41.8 Å². The molecule has 0 bridgehead atoms. The minimum absolute atomic E-state index is 0.0721. The molecule has 32 heavy (non-hydrogen) atoms. The molecule has 0 aliphatic rings. The van der Waals surface area contributed by atoms with E-state index in [1.165, 1.54) is 43.3 Å². The van der Waals surface area contributed by atoms with Crippen molar-refractivity contribution in [2.75, 3.05) is 0 Å². The number of esters is 1. The summed E-state index contributed by atoms with van der Waals surface area (Å²) in [7, 11) is -3.64. The fourth-order valence-electron chi connectivity index (χ4n) is 2.90. The highest BCUT2D eigenvalue weighted by Crippen LogP contribution is 2.19. The average molecular weight is 459 g/mol. The van der Waals surface area contributed by atoms with E-state index in [-0.39, 0.29) is 22.2 Å². The Kier molecular flexibility index (Phi) is 7.09. The van der Waals surface area contributed by atoms with Crippen molar-refractivity contribution in [3.05, 3.63) is 89.6 Å². The summed E-state index contributed by atoms with van der Waals surface area (Å²) in [6.45, 7) is 3.11. The quantitative estimate of drug-likeness (QED) is 0.514. The third-order valence-corrected chi connectivity index (χ3v) is 6.33. The van der Waals surface area contributed by atoms with Crippen molar-refractivity contribution >= 4 is 21.7 Å². The molecule has 7 nitrogen and oxygen atoms in total. The van der Waals surface area contributed by atoms with Crippen LogP contribution in [-0.4, -0.2) is 26.4 Å². The second-order valence-corrected chi connectivity index (χ2v) is 9.16. The van der Waals surface area contributed by atoms with Crippen molar-refractivity contribution in [2.45, 2.75) is 36.6 Å². The van der Waals surface area contributed by atoms with Crippen molar-refractivity contribution in [1.82, 2.24) is 5.32 Å². The molecule has 0 aliphatic carbocycles. The molecule has 1 amide bonds. The molecule has 0 saturated carbocycles. The number of nitrogens with one attached hydrogen (secondary N) is 1.